The fourth-order valence-corrected chi connectivity index (χ4v) is 1.67. The number of esters is 1. The van der Waals surface area contributed by atoms with E-state index in [1.165, 1.54) is 0 Å². The molecule has 0 fully saturated rings. The van der Waals surface area contributed by atoms with E-state index in [0.29, 0.717) is 23.7 Å². The SMILES string of the molecule is CC(C)CNC(=O)COC(=O)c1ccc(N(C)C)c(N)c1. The molecule has 0 aromatic heterocycles. The summed E-state index contributed by atoms with van der Waals surface area (Å²) in [6.07, 6.45) is 0. The van der Waals surface area contributed by atoms with Gasteiger partial charge in [-0.25, -0.2) is 4.79 Å². The summed E-state index contributed by atoms with van der Waals surface area (Å²) >= 11 is 0. The predicted octanol–water partition coefficient (Wildman–Crippen LogP) is 1.26. The topological polar surface area (TPSA) is 84.7 Å². The number of nitrogen functional groups attached to an aromatic ring is 1. The molecule has 0 aliphatic heterocycles. The van der Waals surface area contributed by atoms with Crippen LogP contribution in [0.1, 0.15) is 24.2 Å². The molecule has 1 rings (SSSR count). The summed E-state index contributed by atoms with van der Waals surface area (Å²) in [5.41, 5.74) is 7.50. The highest BCUT2D eigenvalue weighted by Crippen LogP contribution is 2.22. The molecular weight excluding hydrogens is 270 g/mol. The number of benzene rings is 1. The van der Waals surface area contributed by atoms with Crippen LogP contribution in [-0.2, 0) is 9.53 Å². The van der Waals surface area contributed by atoms with E-state index >= 15 is 0 Å². The summed E-state index contributed by atoms with van der Waals surface area (Å²) in [6, 6.07) is 4.91. The van der Waals surface area contributed by atoms with Gasteiger partial charge in [-0.3, -0.25) is 4.79 Å². The molecule has 6 nitrogen and oxygen atoms in total. The lowest BCUT2D eigenvalue weighted by Gasteiger charge is -2.15. The first-order valence-electron chi connectivity index (χ1n) is 6.82. The van der Waals surface area contributed by atoms with Crippen molar-refractivity contribution in [3.8, 4) is 0 Å². The molecule has 0 aliphatic rings. The van der Waals surface area contributed by atoms with Gasteiger partial charge in [-0.2, -0.15) is 0 Å². The quantitative estimate of drug-likeness (QED) is 0.609. The molecule has 0 bridgehead atoms. The minimum atomic E-state index is -0.563. The molecule has 3 N–H and O–H groups in total. The van der Waals surface area contributed by atoms with Gasteiger partial charge in [0.2, 0.25) is 0 Å². The lowest BCUT2D eigenvalue weighted by atomic mass is 10.1. The van der Waals surface area contributed by atoms with E-state index in [4.69, 9.17) is 10.5 Å². The van der Waals surface area contributed by atoms with Crippen LogP contribution in [0, 0.1) is 5.92 Å². The Morgan fingerprint density at radius 3 is 2.52 bits per heavy atom. The molecule has 1 aromatic rings. The summed E-state index contributed by atoms with van der Waals surface area (Å²) in [4.78, 5) is 25.2. The van der Waals surface area contributed by atoms with Gasteiger partial charge < -0.3 is 20.7 Å². The van der Waals surface area contributed by atoms with E-state index in [-0.39, 0.29) is 12.5 Å². The Balaban J connectivity index is 2.56. The van der Waals surface area contributed by atoms with Crippen LogP contribution in [0.25, 0.3) is 0 Å². The average Bonchev–Trinajstić information content (AvgIpc) is 2.41. The first kappa shape index (κ1) is 16.8. The van der Waals surface area contributed by atoms with Crippen LogP contribution in [0.5, 0.6) is 0 Å². The molecule has 0 spiro atoms. The van der Waals surface area contributed by atoms with Gasteiger partial charge in [0.15, 0.2) is 6.61 Å². The molecule has 0 saturated heterocycles. The third kappa shape index (κ3) is 5.33. The maximum Gasteiger partial charge on any atom is 0.338 e. The highest BCUT2D eigenvalue weighted by Gasteiger charge is 2.12. The molecule has 6 heteroatoms. The van der Waals surface area contributed by atoms with Crippen molar-refractivity contribution in [2.24, 2.45) is 5.92 Å². The van der Waals surface area contributed by atoms with E-state index < -0.39 is 5.97 Å². The number of carbonyl (C=O) groups is 2. The Labute approximate surface area is 125 Å². The van der Waals surface area contributed by atoms with E-state index in [0.717, 1.165) is 5.69 Å². The lowest BCUT2D eigenvalue weighted by Crippen LogP contribution is -2.31. The number of nitrogens with one attached hydrogen (secondary N) is 1. The largest absolute Gasteiger partial charge is 0.452 e. The fraction of sp³-hybridized carbons (Fsp3) is 0.467. The van der Waals surface area contributed by atoms with Gasteiger partial charge in [-0.1, -0.05) is 13.8 Å². The number of anilines is 2. The van der Waals surface area contributed by atoms with Gasteiger partial charge in [0.25, 0.3) is 5.91 Å². The van der Waals surface area contributed by atoms with Gasteiger partial charge >= 0.3 is 5.97 Å². The van der Waals surface area contributed by atoms with Crippen LogP contribution in [0.4, 0.5) is 11.4 Å². The number of ether oxygens (including phenoxy) is 1. The first-order chi connectivity index (χ1) is 9.81. The van der Waals surface area contributed by atoms with Crippen molar-refractivity contribution in [1.82, 2.24) is 5.32 Å². The molecular formula is C15H23N3O3. The Morgan fingerprint density at radius 1 is 1.33 bits per heavy atom. The van der Waals surface area contributed by atoms with Crippen molar-refractivity contribution >= 4 is 23.3 Å². The predicted molar refractivity (Wildman–Crippen MR) is 83.3 cm³/mol. The van der Waals surface area contributed by atoms with Crippen molar-refractivity contribution in [2.45, 2.75) is 13.8 Å². The zero-order valence-corrected chi connectivity index (χ0v) is 13.0. The highest BCUT2D eigenvalue weighted by molar-refractivity contribution is 5.93. The summed E-state index contributed by atoms with van der Waals surface area (Å²) in [7, 11) is 3.73. The highest BCUT2D eigenvalue weighted by atomic mass is 16.5. The third-order valence-corrected chi connectivity index (χ3v) is 2.79. The Morgan fingerprint density at radius 2 is 2.00 bits per heavy atom. The second-order valence-electron chi connectivity index (χ2n) is 5.44. The summed E-state index contributed by atoms with van der Waals surface area (Å²) in [6.45, 7) is 4.24. The van der Waals surface area contributed by atoms with Gasteiger partial charge in [0.05, 0.1) is 16.9 Å². The molecule has 0 radical (unpaired) electrons. The summed E-state index contributed by atoms with van der Waals surface area (Å²) in [5.74, 6) is -0.523. The molecule has 116 valence electrons. The zero-order valence-electron chi connectivity index (χ0n) is 13.0. The minimum absolute atomic E-state index is 0.291. The number of nitrogens with two attached hydrogens (primary N) is 1. The molecule has 1 amide bonds. The van der Waals surface area contributed by atoms with Gasteiger partial charge in [-0.05, 0) is 24.1 Å². The maximum atomic E-state index is 11.8. The van der Waals surface area contributed by atoms with Crippen LogP contribution in [0.2, 0.25) is 0 Å². The van der Waals surface area contributed by atoms with E-state index in [1.807, 2.05) is 32.8 Å². The number of carbonyl (C=O) groups excluding carboxylic acids is 2. The second kappa shape index (κ2) is 7.52. The Bertz CT molecular complexity index is 513. The average molecular weight is 293 g/mol. The van der Waals surface area contributed by atoms with Crippen LogP contribution >= 0.6 is 0 Å². The standard InChI is InChI=1S/C15H23N3O3/c1-10(2)8-17-14(19)9-21-15(20)11-5-6-13(18(3)4)12(16)7-11/h5-7,10H,8-9,16H2,1-4H3,(H,17,19). The smallest absolute Gasteiger partial charge is 0.338 e. The van der Waals surface area contributed by atoms with Gasteiger partial charge in [-0.15, -0.1) is 0 Å². The van der Waals surface area contributed by atoms with Crippen molar-refractivity contribution < 1.29 is 14.3 Å². The number of rotatable bonds is 6. The van der Waals surface area contributed by atoms with Crippen molar-refractivity contribution in [3.05, 3.63) is 23.8 Å². The molecule has 0 heterocycles. The number of hydrogen-bond donors (Lipinski definition) is 2. The molecule has 1 aromatic carbocycles. The van der Waals surface area contributed by atoms with Crippen LogP contribution in [-0.4, -0.2) is 39.1 Å². The summed E-state index contributed by atoms with van der Waals surface area (Å²) in [5, 5.41) is 2.68. The zero-order chi connectivity index (χ0) is 16.0. The van der Waals surface area contributed by atoms with Crippen molar-refractivity contribution in [1.29, 1.82) is 0 Å². The molecule has 0 atom stereocenters. The van der Waals surface area contributed by atoms with Crippen LogP contribution in [0.3, 0.4) is 0 Å². The first-order valence-corrected chi connectivity index (χ1v) is 6.82. The van der Waals surface area contributed by atoms with Crippen molar-refractivity contribution in [2.75, 3.05) is 37.9 Å². The van der Waals surface area contributed by atoms with Crippen LogP contribution in [0.15, 0.2) is 18.2 Å². The minimum Gasteiger partial charge on any atom is -0.452 e. The van der Waals surface area contributed by atoms with Crippen molar-refractivity contribution in [3.63, 3.8) is 0 Å². The Hall–Kier alpha value is -2.24. The molecule has 21 heavy (non-hydrogen) atoms. The van der Waals surface area contributed by atoms with E-state index in [2.05, 4.69) is 5.32 Å². The third-order valence-electron chi connectivity index (χ3n) is 2.79. The summed E-state index contributed by atoms with van der Waals surface area (Å²) < 4.78 is 4.96. The molecule has 0 unspecified atom stereocenters. The number of nitrogens with zero attached hydrogens (tertiary/aromatic N) is 1. The lowest BCUT2D eigenvalue weighted by molar-refractivity contribution is -0.124. The second-order valence-corrected chi connectivity index (χ2v) is 5.44. The monoisotopic (exact) mass is 293 g/mol. The van der Waals surface area contributed by atoms with E-state index in [9.17, 15) is 9.59 Å². The molecule has 0 aliphatic carbocycles. The van der Waals surface area contributed by atoms with Gasteiger partial charge in [0, 0.05) is 20.6 Å². The van der Waals surface area contributed by atoms with Gasteiger partial charge in [0.1, 0.15) is 0 Å². The number of hydrogen-bond acceptors (Lipinski definition) is 5. The number of amides is 1. The van der Waals surface area contributed by atoms with Crippen LogP contribution < -0.4 is 16.0 Å². The molecule has 0 saturated carbocycles. The fourth-order valence-electron chi connectivity index (χ4n) is 1.67. The normalized spacial score (nSPS) is 10.3. The maximum absolute atomic E-state index is 11.8. The Kier molecular flexibility index (Phi) is 6.02. The van der Waals surface area contributed by atoms with E-state index in [1.54, 1.807) is 18.2 Å².